The fraction of sp³-hybridized carbons (Fsp3) is 0.235. The van der Waals surface area contributed by atoms with Crippen molar-refractivity contribution in [3.63, 3.8) is 0 Å². The summed E-state index contributed by atoms with van der Waals surface area (Å²) < 4.78 is 32.2. The molecule has 0 saturated carbocycles. The smallest absolute Gasteiger partial charge is 0.261 e. The number of benzene rings is 2. The topological polar surface area (TPSA) is 79.5 Å². The zero-order chi connectivity index (χ0) is 18.3. The molecule has 0 atom stereocenters. The molecule has 6 nitrogen and oxygen atoms in total. The number of ether oxygens (including phenoxy) is 1. The number of nitrogens with one attached hydrogen (secondary N) is 3. The second-order valence-electron chi connectivity index (χ2n) is 5.37. The summed E-state index contributed by atoms with van der Waals surface area (Å²) in [6, 6.07) is 13.5. The maximum atomic E-state index is 12.4. The maximum absolute atomic E-state index is 12.4. The highest BCUT2D eigenvalue weighted by atomic mass is 32.2. The van der Waals surface area contributed by atoms with Crippen LogP contribution in [0.3, 0.4) is 0 Å². The number of thiocarbonyl (C=S) groups is 1. The molecule has 0 fully saturated rings. The van der Waals surface area contributed by atoms with Gasteiger partial charge in [-0.15, -0.1) is 0 Å². The van der Waals surface area contributed by atoms with Gasteiger partial charge in [-0.25, -0.2) is 8.42 Å². The summed E-state index contributed by atoms with van der Waals surface area (Å²) in [6.45, 7) is 3.07. The molecule has 0 aliphatic carbocycles. The number of methoxy groups -OCH3 is 1. The summed E-state index contributed by atoms with van der Waals surface area (Å²) in [5.41, 5.74) is 2.24. The number of anilines is 2. The van der Waals surface area contributed by atoms with Crippen LogP contribution >= 0.6 is 12.2 Å². The standard InChI is InChI=1S/C17H21N3O3S2/c1-13-3-9-16(10-4-13)25(21,22)20-15-7-5-14(6-8-15)19-17(24)18-11-12-23-2/h3-10,20H,11-12H2,1-2H3,(H2,18,19,24). The molecule has 0 saturated heterocycles. The van der Waals surface area contributed by atoms with Crippen molar-refractivity contribution in [2.24, 2.45) is 0 Å². The van der Waals surface area contributed by atoms with E-state index < -0.39 is 10.0 Å². The third kappa shape index (κ3) is 6.00. The van der Waals surface area contributed by atoms with Crippen molar-refractivity contribution < 1.29 is 13.2 Å². The monoisotopic (exact) mass is 379 g/mol. The predicted molar refractivity (Wildman–Crippen MR) is 105 cm³/mol. The minimum atomic E-state index is -3.60. The Balaban J connectivity index is 1.97. The highest BCUT2D eigenvalue weighted by molar-refractivity contribution is 7.92. The number of rotatable bonds is 7. The van der Waals surface area contributed by atoms with Crippen LogP contribution in [0.2, 0.25) is 0 Å². The van der Waals surface area contributed by atoms with Crippen LogP contribution in [0.1, 0.15) is 5.56 Å². The Labute approximate surface area is 153 Å². The average molecular weight is 380 g/mol. The first-order chi connectivity index (χ1) is 11.9. The summed E-state index contributed by atoms with van der Waals surface area (Å²) in [5, 5.41) is 6.49. The minimum Gasteiger partial charge on any atom is -0.383 e. The first-order valence-electron chi connectivity index (χ1n) is 7.64. The molecule has 0 aliphatic rings. The van der Waals surface area contributed by atoms with Gasteiger partial charge in [0.1, 0.15) is 0 Å². The normalized spacial score (nSPS) is 11.0. The van der Waals surface area contributed by atoms with Crippen molar-refractivity contribution in [3.8, 4) is 0 Å². The van der Waals surface area contributed by atoms with E-state index in [1.807, 2.05) is 6.92 Å². The fourth-order valence-corrected chi connectivity index (χ4v) is 3.27. The largest absolute Gasteiger partial charge is 0.383 e. The lowest BCUT2D eigenvalue weighted by Crippen LogP contribution is -2.31. The van der Waals surface area contributed by atoms with E-state index in [1.54, 1.807) is 55.6 Å². The molecule has 0 aromatic heterocycles. The number of hydrogen-bond donors (Lipinski definition) is 3. The van der Waals surface area contributed by atoms with E-state index in [2.05, 4.69) is 15.4 Å². The van der Waals surface area contributed by atoms with Crippen LogP contribution in [0.25, 0.3) is 0 Å². The van der Waals surface area contributed by atoms with E-state index >= 15 is 0 Å². The van der Waals surface area contributed by atoms with Gasteiger partial charge in [-0.1, -0.05) is 17.7 Å². The second-order valence-corrected chi connectivity index (χ2v) is 7.46. The number of sulfonamides is 1. The molecule has 0 bridgehead atoms. The molecule has 0 spiro atoms. The predicted octanol–water partition coefficient (Wildman–Crippen LogP) is 2.73. The molecule has 0 unspecified atom stereocenters. The van der Waals surface area contributed by atoms with Gasteiger partial charge in [-0.05, 0) is 55.5 Å². The fourth-order valence-electron chi connectivity index (χ4n) is 2.00. The van der Waals surface area contributed by atoms with Crippen LogP contribution in [0, 0.1) is 6.92 Å². The zero-order valence-corrected chi connectivity index (χ0v) is 15.7. The quantitative estimate of drug-likeness (QED) is 0.507. The Bertz CT molecular complexity index is 804. The third-order valence-electron chi connectivity index (χ3n) is 3.32. The molecule has 134 valence electrons. The van der Waals surface area contributed by atoms with E-state index in [0.29, 0.717) is 24.0 Å². The van der Waals surface area contributed by atoms with Crippen LogP contribution in [-0.2, 0) is 14.8 Å². The van der Waals surface area contributed by atoms with Crippen LogP contribution < -0.4 is 15.4 Å². The molecule has 0 aliphatic heterocycles. The van der Waals surface area contributed by atoms with Crippen molar-refractivity contribution in [1.82, 2.24) is 5.32 Å². The van der Waals surface area contributed by atoms with Gasteiger partial charge in [0.2, 0.25) is 0 Å². The van der Waals surface area contributed by atoms with E-state index in [0.717, 1.165) is 11.3 Å². The van der Waals surface area contributed by atoms with Crippen molar-refractivity contribution in [3.05, 3.63) is 54.1 Å². The lowest BCUT2D eigenvalue weighted by atomic mass is 10.2. The average Bonchev–Trinajstić information content (AvgIpc) is 2.57. The van der Waals surface area contributed by atoms with Crippen molar-refractivity contribution >= 4 is 38.7 Å². The van der Waals surface area contributed by atoms with E-state index in [4.69, 9.17) is 17.0 Å². The molecule has 2 aromatic rings. The van der Waals surface area contributed by atoms with Crippen LogP contribution in [0.4, 0.5) is 11.4 Å². The Morgan fingerprint density at radius 3 is 2.24 bits per heavy atom. The third-order valence-corrected chi connectivity index (χ3v) is 4.96. The summed E-state index contributed by atoms with van der Waals surface area (Å²) in [7, 11) is -1.98. The molecule has 0 amide bonds. The van der Waals surface area contributed by atoms with Crippen molar-refractivity contribution in [2.45, 2.75) is 11.8 Å². The Kier molecular flexibility index (Phi) is 6.74. The van der Waals surface area contributed by atoms with Gasteiger partial charge in [-0.2, -0.15) is 0 Å². The van der Waals surface area contributed by atoms with E-state index in [1.165, 1.54) is 0 Å². The highest BCUT2D eigenvalue weighted by Crippen LogP contribution is 2.18. The molecule has 2 rings (SSSR count). The first-order valence-corrected chi connectivity index (χ1v) is 9.53. The summed E-state index contributed by atoms with van der Waals surface area (Å²) in [5.74, 6) is 0. The molecule has 8 heteroatoms. The first kappa shape index (κ1) is 19.2. The molecule has 2 aromatic carbocycles. The van der Waals surface area contributed by atoms with Crippen LogP contribution in [0.15, 0.2) is 53.4 Å². The van der Waals surface area contributed by atoms with Gasteiger partial charge in [0.25, 0.3) is 10.0 Å². The minimum absolute atomic E-state index is 0.226. The Morgan fingerprint density at radius 2 is 1.64 bits per heavy atom. The summed E-state index contributed by atoms with van der Waals surface area (Å²) in [4.78, 5) is 0.226. The summed E-state index contributed by atoms with van der Waals surface area (Å²) >= 11 is 5.15. The van der Waals surface area contributed by atoms with E-state index in [-0.39, 0.29) is 4.90 Å². The van der Waals surface area contributed by atoms with Crippen LogP contribution in [0.5, 0.6) is 0 Å². The number of aryl methyl sites for hydroxylation is 1. The molecular formula is C17H21N3O3S2. The Hall–Kier alpha value is -2.16. The molecular weight excluding hydrogens is 358 g/mol. The van der Waals surface area contributed by atoms with E-state index in [9.17, 15) is 8.42 Å². The lowest BCUT2D eigenvalue weighted by molar-refractivity contribution is 0.204. The van der Waals surface area contributed by atoms with Gasteiger partial charge in [0, 0.05) is 25.0 Å². The molecule has 0 heterocycles. The van der Waals surface area contributed by atoms with Gasteiger partial charge < -0.3 is 15.4 Å². The van der Waals surface area contributed by atoms with Crippen molar-refractivity contribution in [1.29, 1.82) is 0 Å². The highest BCUT2D eigenvalue weighted by Gasteiger charge is 2.13. The SMILES string of the molecule is COCCNC(=S)Nc1ccc(NS(=O)(=O)c2ccc(C)cc2)cc1. The maximum Gasteiger partial charge on any atom is 0.261 e. The van der Waals surface area contributed by atoms with Gasteiger partial charge in [0.15, 0.2) is 5.11 Å². The van der Waals surface area contributed by atoms with Gasteiger partial charge in [-0.3, -0.25) is 4.72 Å². The zero-order valence-electron chi connectivity index (χ0n) is 14.1. The van der Waals surface area contributed by atoms with Gasteiger partial charge in [0.05, 0.1) is 11.5 Å². The lowest BCUT2D eigenvalue weighted by Gasteiger charge is -2.12. The Morgan fingerprint density at radius 1 is 1.04 bits per heavy atom. The number of hydrogen-bond acceptors (Lipinski definition) is 4. The molecule has 25 heavy (non-hydrogen) atoms. The second kappa shape index (κ2) is 8.80. The van der Waals surface area contributed by atoms with Crippen molar-refractivity contribution in [2.75, 3.05) is 30.3 Å². The molecule has 3 N–H and O–H groups in total. The van der Waals surface area contributed by atoms with Gasteiger partial charge >= 0.3 is 0 Å². The summed E-state index contributed by atoms with van der Waals surface area (Å²) in [6.07, 6.45) is 0. The molecule has 0 radical (unpaired) electrons. The van der Waals surface area contributed by atoms with Crippen LogP contribution in [-0.4, -0.2) is 33.8 Å².